The van der Waals surface area contributed by atoms with Crippen LogP contribution in [-0.2, 0) is 13.2 Å². The highest BCUT2D eigenvalue weighted by Gasteiger charge is 2.05. The fourth-order valence-electron chi connectivity index (χ4n) is 2.02. The van der Waals surface area contributed by atoms with Gasteiger partial charge in [0.1, 0.15) is 25.0 Å². The number of nitrogens with zero attached hydrogens (tertiary/aromatic N) is 3. The number of ether oxygens (including phenoxy) is 1. The van der Waals surface area contributed by atoms with Crippen LogP contribution >= 0.6 is 11.6 Å². The predicted octanol–water partition coefficient (Wildman–Crippen LogP) is 3.25. The van der Waals surface area contributed by atoms with E-state index in [-0.39, 0.29) is 0 Å². The maximum Gasteiger partial charge on any atom is 0.138 e. The maximum atomic E-state index is 6.15. The highest BCUT2D eigenvalue weighted by molar-refractivity contribution is 6.31. The van der Waals surface area contributed by atoms with Crippen LogP contribution in [-0.4, -0.2) is 14.9 Å². The zero-order chi connectivity index (χ0) is 15.2. The third kappa shape index (κ3) is 3.56. The molecule has 0 unspecified atom stereocenters. The normalized spacial score (nSPS) is 10.4. The van der Waals surface area contributed by atoms with Crippen LogP contribution in [0, 0.1) is 0 Å². The van der Waals surface area contributed by atoms with Gasteiger partial charge in [-0.15, -0.1) is 10.2 Å². The van der Waals surface area contributed by atoms with Crippen LogP contribution in [0.15, 0.2) is 61.2 Å². The third-order valence-electron chi connectivity index (χ3n) is 3.18. The molecule has 3 rings (SSSR count). The number of benzene rings is 2. The lowest BCUT2D eigenvalue weighted by Gasteiger charge is -2.13. The van der Waals surface area contributed by atoms with E-state index in [0.717, 1.165) is 16.9 Å². The average Bonchev–Trinajstić information content (AvgIpc) is 3.06. The second kappa shape index (κ2) is 6.95. The van der Waals surface area contributed by atoms with E-state index in [1.807, 2.05) is 48.5 Å². The van der Waals surface area contributed by atoms with Crippen molar-refractivity contribution in [2.24, 2.45) is 0 Å². The van der Waals surface area contributed by atoms with E-state index in [4.69, 9.17) is 16.3 Å². The Bertz CT molecular complexity index is 731. The quantitative estimate of drug-likeness (QED) is 0.759. The number of halogens is 1. The topological polar surface area (TPSA) is 52.0 Å². The van der Waals surface area contributed by atoms with Crippen molar-refractivity contribution in [2.45, 2.75) is 13.2 Å². The Morgan fingerprint density at radius 3 is 2.41 bits per heavy atom. The minimum Gasteiger partial charge on any atom is -0.488 e. The van der Waals surface area contributed by atoms with Crippen molar-refractivity contribution >= 4 is 11.6 Å². The number of rotatable bonds is 6. The summed E-state index contributed by atoms with van der Waals surface area (Å²) in [5, 5.41) is 8.21. The van der Waals surface area contributed by atoms with E-state index in [2.05, 4.69) is 15.6 Å². The SMILES string of the molecule is Clc1ccccc1COc1ccccc1CNn1cnnc1. The molecule has 1 N–H and O–H groups in total. The van der Waals surface area contributed by atoms with Crippen LogP contribution in [0.2, 0.25) is 5.02 Å². The average molecular weight is 315 g/mol. The van der Waals surface area contributed by atoms with Gasteiger partial charge < -0.3 is 10.2 Å². The molecule has 6 heteroatoms. The lowest BCUT2D eigenvalue weighted by Crippen LogP contribution is -2.13. The molecular formula is C16H15ClN4O. The monoisotopic (exact) mass is 314 g/mol. The van der Waals surface area contributed by atoms with Crippen LogP contribution in [0.3, 0.4) is 0 Å². The Kier molecular flexibility index (Phi) is 4.56. The van der Waals surface area contributed by atoms with Crippen molar-refractivity contribution in [3.63, 3.8) is 0 Å². The number of hydrogen-bond donors (Lipinski definition) is 1. The number of para-hydroxylation sites is 1. The van der Waals surface area contributed by atoms with Gasteiger partial charge in [-0.05, 0) is 12.1 Å². The first-order valence-corrected chi connectivity index (χ1v) is 7.23. The lowest BCUT2D eigenvalue weighted by atomic mass is 10.2. The van der Waals surface area contributed by atoms with Gasteiger partial charge in [0, 0.05) is 16.1 Å². The molecule has 1 aromatic heterocycles. The van der Waals surface area contributed by atoms with Crippen LogP contribution in [0.1, 0.15) is 11.1 Å². The summed E-state index contributed by atoms with van der Waals surface area (Å²) in [6.07, 6.45) is 3.21. The fourth-order valence-corrected chi connectivity index (χ4v) is 2.21. The largest absolute Gasteiger partial charge is 0.488 e. The summed E-state index contributed by atoms with van der Waals surface area (Å²) in [5.74, 6) is 0.822. The number of nitrogens with one attached hydrogen (secondary N) is 1. The summed E-state index contributed by atoms with van der Waals surface area (Å²) in [7, 11) is 0. The molecule has 5 nitrogen and oxygen atoms in total. The summed E-state index contributed by atoms with van der Waals surface area (Å²) in [4.78, 5) is 0. The Hall–Kier alpha value is -2.53. The smallest absolute Gasteiger partial charge is 0.138 e. The van der Waals surface area contributed by atoms with Crippen molar-refractivity contribution in [3.05, 3.63) is 77.3 Å². The van der Waals surface area contributed by atoms with Crippen LogP contribution in [0.25, 0.3) is 0 Å². The molecule has 1 heterocycles. The molecule has 0 fully saturated rings. The van der Waals surface area contributed by atoms with Gasteiger partial charge in [-0.3, -0.25) is 0 Å². The molecule has 112 valence electrons. The Morgan fingerprint density at radius 2 is 1.64 bits per heavy atom. The van der Waals surface area contributed by atoms with Gasteiger partial charge >= 0.3 is 0 Å². The van der Waals surface area contributed by atoms with E-state index in [1.165, 1.54) is 0 Å². The standard InChI is InChI=1S/C16H15ClN4O/c17-15-7-3-1-6-14(15)10-22-16-8-4-2-5-13(16)9-20-21-11-18-19-12-21/h1-8,11-12,20H,9-10H2. The van der Waals surface area contributed by atoms with Crippen molar-refractivity contribution in [2.75, 3.05) is 5.43 Å². The van der Waals surface area contributed by atoms with E-state index in [9.17, 15) is 0 Å². The van der Waals surface area contributed by atoms with Crippen molar-refractivity contribution in [1.29, 1.82) is 0 Å². The molecule has 0 saturated heterocycles. The van der Waals surface area contributed by atoms with E-state index in [0.29, 0.717) is 18.2 Å². The molecule has 0 radical (unpaired) electrons. The van der Waals surface area contributed by atoms with Gasteiger partial charge in [0.15, 0.2) is 0 Å². The van der Waals surface area contributed by atoms with Gasteiger partial charge in [0.25, 0.3) is 0 Å². The van der Waals surface area contributed by atoms with Crippen LogP contribution in [0.5, 0.6) is 5.75 Å². The molecule has 0 aliphatic heterocycles. The van der Waals surface area contributed by atoms with Crippen molar-refractivity contribution in [3.8, 4) is 5.75 Å². The highest BCUT2D eigenvalue weighted by atomic mass is 35.5. The first-order valence-electron chi connectivity index (χ1n) is 6.85. The molecule has 0 spiro atoms. The number of aromatic nitrogens is 3. The Morgan fingerprint density at radius 1 is 0.955 bits per heavy atom. The second-order valence-electron chi connectivity index (χ2n) is 4.69. The zero-order valence-electron chi connectivity index (χ0n) is 11.8. The Balaban J connectivity index is 1.67. The molecular weight excluding hydrogens is 300 g/mol. The summed E-state index contributed by atoms with van der Waals surface area (Å²) in [5.41, 5.74) is 5.18. The maximum absolute atomic E-state index is 6.15. The van der Waals surface area contributed by atoms with Gasteiger partial charge in [-0.25, -0.2) is 4.68 Å². The second-order valence-corrected chi connectivity index (χ2v) is 5.10. The van der Waals surface area contributed by atoms with E-state index >= 15 is 0 Å². The predicted molar refractivity (Wildman–Crippen MR) is 85.3 cm³/mol. The zero-order valence-corrected chi connectivity index (χ0v) is 12.6. The fraction of sp³-hybridized carbons (Fsp3) is 0.125. The van der Waals surface area contributed by atoms with Gasteiger partial charge in [0.05, 0.1) is 6.54 Å². The van der Waals surface area contributed by atoms with Crippen molar-refractivity contribution in [1.82, 2.24) is 14.9 Å². The molecule has 0 saturated carbocycles. The van der Waals surface area contributed by atoms with E-state index < -0.39 is 0 Å². The Labute approximate surface area is 133 Å². The van der Waals surface area contributed by atoms with Crippen molar-refractivity contribution < 1.29 is 4.74 Å². The summed E-state index contributed by atoms with van der Waals surface area (Å²) in [6.45, 7) is 1.04. The summed E-state index contributed by atoms with van der Waals surface area (Å²) in [6, 6.07) is 15.6. The summed E-state index contributed by atoms with van der Waals surface area (Å²) >= 11 is 6.15. The third-order valence-corrected chi connectivity index (χ3v) is 3.55. The first-order chi connectivity index (χ1) is 10.8. The molecule has 22 heavy (non-hydrogen) atoms. The van der Waals surface area contributed by atoms with Gasteiger partial charge in [0.2, 0.25) is 0 Å². The molecule has 0 bridgehead atoms. The van der Waals surface area contributed by atoms with Gasteiger partial charge in [-0.2, -0.15) is 0 Å². The molecule has 0 aliphatic carbocycles. The number of hydrogen-bond acceptors (Lipinski definition) is 4. The lowest BCUT2D eigenvalue weighted by molar-refractivity contribution is 0.303. The minimum atomic E-state index is 0.434. The van der Waals surface area contributed by atoms with Crippen LogP contribution in [0.4, 0.5) is 0 Å². The molecule has 0 atom stereocenters. The first kappa shape index (κ1) is 14.4. The van der Waals surface area contributed by atoms with E-state index in [1.54, 1.807) is 17.3 Å². The summed E-state index contributed by atoms with van der Waals surface area (Å²) < 4.78 is 7.61. The van der Waals surface area contributed by atoms with Crippen LogP contribution < -0.4 is 10.2 Å². The molecule has 0 aliphatic rings. The molecule has 2 aromatic carbocycles. The van der Waals surface area contributed by atoms with Gasteiger partial charge in [-0.1, -0.05) is 48.0 Å². The molecule has 3 aromatic rings. The molecule has 0 amide bonds. The minimum absolute atomic E-state index is 0.434. The highest BCUT2D eigenvalue weighted by Crippen LogP contribution is 2.22.